The molecule has 0 amide bonds. The third-order valence-electron chi connectivity index (χ3n) is 3.00. The summed E-state index contributed by atoms with van der Waals surface area (Å²) in [6, 6.07) is 6.32. The molecule has 1 aromatic heterocycles. The molecule has 2 rings (SSSR count). The fourth-order valence-corrected chi connectivity index (χ4v) is 1.85. The predicted octanol–water partition coefficient (Wildman–Crippen LogP) is 2.47. The van der Waals surface area contributed by atoms with Crippen molar-refractivity contribution >= 4 is 11.8 Å². The van der Waals surface area contributed by atoms with Crippen LogP contribution in [0.1, 0.15) is 19.4 Å². The minimum atomic E-state index is -0.241. The van der Waals surface area contributed by atoms with E-state index in [-0.39, 0.29) is 5.82 Å². The number of nitrogens with zero attached hydrogens (tertiary/aromatic N) is 4. The molecule has 1 aromatic carbocycles. The van der Waals surface area contributed by atoms with Crippen molar-refractivity contribution in [3.05, 3.63) is 41.8 Å². The van der Waals surface area contributed by atoms with Gasteiger partial charge in [-0.05, 0) is 31.5 Å². The van der Waals surface area contributed by atoms with Crippen molar-refractivity contribution in [1.82, 2.24) is 15.2 Å². The Morgan fingerprint density at radius 1 is 1.15 bits per heavy atom. The summed E-state index contributed by atoms with van der Waals surface area (Å²) >= 11 is 0. The molecule has 0 fully saturated rings. The number of anilines is 2. The fourth-order valence-electron chi connectivity index (χ4n) is 1.85. The van der Waals surface area contributed by atoms with Gasteiger partial charge in [0.25, 0.3) is 0 Å². The summed E-state index contributed by atoms with van der Waals surface area (Å²) in [5.74, 6) is 1.03. The first-order valence-corrected chi connectivity index (χ1v) is 6.66. The second kappa shape index (κ2) is 6.79. The zero-order chi connectivity index (χ0) is 14.4. The summed E-state index contributed by atoms with van der Waals surface area (Å²) in [6.07, 6.45) is 1.65. The Bertz CT molecular complexity index is 540. The fraction of sp³-hybridized carbons (Fsp3) is 0.357. The molecule has 6 heteroatoms. The molecule has 0 atom stereocenters. The van der Waals surface area contributed by atoms with Crippen LogP contribution in [0.4, 0.5) is 16.2 Å². The maximum absolute atomic E-state index is 12.8. The molecule has 0 aliphatic heterocycles. The first-order valence-electron chi connectivity index (χ1n) is 6.66. The molecule has 0 aliphatic rings. The number of rotatable bonds is 6. The van der Waals surface area contributed by atoms with E-state index in [1.807, 2.05) is 0 Å². The molecule has 20 heavy (non-hydrogen) atoms. The van der Waals surface area contributed by atoms with E-state index in [0.29, 0.717) is 12.5 Å². The number of halogens is 1. The highest BCUT2D eigenvalue weighted by atomic mass is 19.1. The van der Waals surface area contributed by atoms with Gasteiger partial charge in [-0.3, -0.25) is 0 Å². The third kappa shape index (κ3) is 3.63. The largest absolute Gasteiger partial charge is 0.356 e. The molecular weight excluding hydrogens is 257 g/mol. The standard InChI is InChI=1S/C14H18FN5/c1-3-20(4-2)13-10-17-19-14(18-13)16-9-11-5-7-12(15)8-6-11/h5-8,10H,3-4,9H2,1-2H3,(H,16,18,19). The highest BCUT2D eigenvalue weighted by Crippen LogP contribution is 2.11. The number of benzene rings is 1. The van der Waals surface area contributed by atoms with E-state index in [1.165, 1.54) is 12.1 Å². The summed E-state index contributed by atoms with van der Waals surface area (Å²) in [4.78, 5) is 6.51. The van der Waals surface area contributed by atoms with Gasteiger partial charge in [0.2, 0.25) is 5.95 Å². The van der Waals surface area contributed by atoms with Crippen LogP contribution in [0.2, 0.25) is 0 Å². The van der Waals surface area contributed by atoms with Gasteiger partial charge in [-0.2, -0.15) is 10.1 Å². The van der Waals surface area contributed by atoms with E-state index >= 15 is 0 Å². The lowest BCUT2D eigenvalue weighted by molar-refractivity contribution is 0.627. The first kappa shape index (κ1) is 14.2. The Hall–Kier alpha value is -2.24. The highest BCUT2D eigenvalue weighted by Gasteiger charge is 2.06. The van der Waals surface area contributed by atoms with Crippen LogP contribution in [0.3, 0.4) is 0 Å². The van der Waals surface area contributed by atoms with Gasteiger partial charge >= 0.3 is 0 Å². The van der Waals surface area contributed by atoms with Crippen LogP contribution in [-0.2, 0) is 6.54 Å². The number of hydrogen-bond donors (Lipinski definition) is 1. The molecular formula is C14H18FN5. The molecule has 2 aromatic rings. The predicted molar refractivity (Wildman–Crippen MR) is 77.1 cm³/mol. The van der Waals surface area contributed by atoms with Crippen LogP contribution >= 0.6 is 0 Å². The number of aromatic nitrogens is 3. The molecule has 0 saturated carbocycles. The lowest BCUT2D eigenvalue weighted by atomic mass is 10.2. The monoisotopic (exact) mass is 275 g/mol. The average Bonchev–Trinajstić information content (AvgIpc) is 2.48. The smallest absolute Gasteiger partial charge is 0.244 e. The number of hydrogen-bond acceptors (Lipinski definition) is 5. The Balaban J connectivity index is 2.02. The van der Waals surface area contributed by atoms with Crippen molar-refractivity contribution in [1.29, 1.82) is 0 Å². The third-order valence-corrected chi connectivity index (χ3v) is 3.00. The molecule has 0 radical (unpaired) electrons. The van der Waals surface area contributed by atoms with Gasteiger partial charge in [-0.25, -0.2) is 4.39 Å². The molecule has 1 heterocycles. The van der Waals surface area contributed by atoms with Crippen molar-refractivity contribution in [2.75, 3.05) is 23.3 Å². The van der Waals surface area contributed by atoms with Crippen molar-refractivity contribution < 1.29 is 4.39 Å². The lowest BCUT2D eigenvalue weighted by Crippen LogP contribution is -2.23. The summed E-state index contributed by atoms with van der Waals surface area (Å²) < 4.78 is 12.8. The topological polar surface area (TPSA) is 53.9 Å². The Labute approximate surface area is 117 Å². The van der Waals surface area contributed by atoms with Gasteiger partial charge in [0.15, 0.2) is 5.82 Å². The van der Waals surface area contributed by atoms with E-state index in [4.69, 9.17) is 0 Å². The zero-order valence-corrected chi connectivity index (χ0v) is 11.7. The van der Waals surface area contributed by atoms with E-state index in [0.717, 1.165) is 24.5 Å². The van der Waals surface area contributed by atoms with E-state index in [9.17, 15) is 4.39 Å². The number of nitrogens with one attached hydrogen (secondary N) is 1. The summed E-state index contributed by atoms with van der Waals surface area (Å²) in [5, 5.41) is 11.0. The normalized spacial score (nSPS) is 10.3. The van der Waals surface area contributed by atoms with Gasteiger partial charge in [0, 0.05) is 19.6 Å². The van der Waals surface area contributed by atoms with Crippen molar-refractivity contribution in [3.8, 4) is 0 Å². The SMILES string of the molecule is CCN(CC)c1cnnc(NCc2ccc(F)cc2)n1. The van der Waals surface area contributed by atoms with E-state index in [1.54, 1.807) is 18.3 Å². The van der Waals surface area contributed by atoms with Crippen LogP contribution in [0, 0.1) is 5.82 Å². The van der Waals surface area contributed by atoms with Crippen LogP contribution in [0.5, 0.6) is 0 Å². The highest BCUT2D eigenvalue weighted by molar-refractivity contribution is 5.40. The molecule has 106 valence electrons. The Morgan fingerprint density at radius 2 is 1.85 bits per heavy atom. The molecule has 5 nitrogen and oxygen atoms in total. The van der Waals surface area contributed by atoms with Crippen LogP contribution in [-0.4, -0.2) is 28.3 Å². The first-order chi connectivity index (χ1) is 9.72. The van der Waals surface area contributed by atoms with Gasteiger partial charge in [-0.1, -0.05) is 12.1 Å². The average molecular weight is 275 g/mol. The molecule has 0 bridgehead atoms. The molecule has 0 unspecified atom stereocenters. The second-order valence-corrected chi connectivity index (χ2v) is 4.29. The molecule has 1 N–H and O–H groups in total. The minimum absolute atomic E-state index is 0.241. The minimum Gasteiger partial charge on any atom is -0.356 e. The van der Waals surface area contributed by atoms with Gasteiger partial charge in [0.1, 0.15) is 5.82 Å². The van der Waals surface area contributed by atoms with Crippen LogP contribution in [0.25, 0.3) is 0 Å². The van der Waals surface area contributed by atoms with Gasteiger partial charge in [-0.15, -0.1) is 5.10 Å². The summed E-state index contributed by atoms with van der Waals surface area (Å²) in [5.41, 5.74) is 0.961. The van der Waals surface area contributed by atoms with Gasteiger partial charge < -0.3 is 10.2 Å². The van der Waals surface area contributed by atoms with Crippen LogP contribution < -0.4 is 10.2 Å². The van der Waals surface area contributed by atoms with Crippen molar-refractivity contribution in [3.63, 3.8) is 0 Å². The summed E-state index contributed by atoms with van der Waals surface area (Å²) in [6.45, 7) is 6.40. The lowest BCUT2D eigenvalue weighted by Gasteiger charge is -2.19. The van der Waals surface area contributed by atoms with Crippen LogP contribution in [0.15, 0.2) is 30.5 Å². The van der Waals surface area contributed by atoms with Crippen molar-refractivity contribution in [2.24, 2.45) is 0 Å². The summed E-state index contributed by atoms with van der Waals surface area (Å²) in [7, 11) is 0. The maximum atomic E-state index is 12.8. The molecule has 0 aliphatic carbocycles. The second-order valence-electron chi connectivity index (χ2n) is 4.29. The van der Waals surface area contributed by atoms with Crippen molar-refractivity contribution in [2.45, 2.75) is 20.4 Å². The van der Waals surface area contributed by atoms with Gasteiger partial charge in [0.05, 0.1) is 6.20 Å². The van der Waals surface area contributed by atoms with E-state index < -0.39 is 0 Å². The zero-order valence-electron chi connectivity index (χ0n) is 11.7. The van der Waals surface area contributed by atoms with E-state index in [2.05, 4.69) is 39.2 Å². The molecule has 0 spiro atoms. The quantitative estimate of drug-likeness (QED) is 0.877. The molecule has 0 saturated heterocycles. The Morgan fingerprint density at radius 3 is 2.50 bits per heavy atom. The Kier molecular flexibility index (Phi) is 4.81. The maximum Gasteiger partial charge on any atom is 0.244 e.